The number of carbonyl (C=O) groups is 11. The molecule has 128 heavy (non-hydrogen) atoms. The van der Waals surface area contributed by atoms with Crippen LogP contribution in [0.2, 0.25) is 59.4 Å². The van der Waals surface area contributed by atoms with E-state index >= 15 is 0 Å². The number of carbonyl (C=O) groups excluding carboxylic acids is 10. The van der Waals surface area contributed by atoms with Crippen molar-refractivity contribution >= 4 is 105 Å². The molecular weight excluding hydrogens is 1720 g/mol. The lowest BCUT2D eigenvalue weighted by Gasteiger charge is -2.42. The zero-order chi connectivity index (χ0) is 101. The SMILES string of the molecule is C.C=CC(CO[Si](C)(C)C(C)(C)C)[C@@H](CC(=O)OC)NC(=O)OC(C)(C)C.C=C[C@@H](CO[Si](C)(C)C(C)(C)C)[C@@H](CO[Si](OC)(c1ccccc1)C(C)(C)C)NC(=O)OC(C)(C)C.CC(C)(C)OC(=O)N[C@@H]1C(=O)NCCC1CO[Si](C)(C)C(C)(C)C.CC(C)(C)OC(=O)N[C@@H]1C(=O)NCC[C@H]1C(=O)O.CC(C)(C)OC(=O)N[C@@H]1C(=O)NCC[C@H]1C=O.CC(C)C.[2H]CF. The summed E-state index contributed by atoms with van der Waals surface area (Å²) < 4.78 is 78.5. The van der Waals surface area contributed by atoms with E-state index in [0.717, 1.165) is 17.5 Å². The van der Waals surface area contributed by atoms with Crippen molar-refractivity contribution in [2.24, 2.45) is 35.5 Å². The Morgan fingerprint density at radius 2 is 0.828 bits per heavy atom. The lowest BCUT2D eigenvalue weighted by atomic mass is 9.92. The van der Waals surface area contributed by atoms with Crippen LogP contribution in [0.5, 0.6) is 0 Å². The molecule has 3 aliphatic rings. The standard InChI is InChI=1S/C28H51NO5Si2.C19H37NO5Si.C17H34N2O4Si.C11H18N2O5.C11H18N2O4.C4H10.CH3F.CH4/c1-14-22(20-32-35(12,13)27(5,6)7)24(29-25(30)34-26(2,3)4)21-33-36(31-11,28(8,9)10)23-18-16-15-17-19-23;1-11-14(13-24-26(9,10)19(5,6)7)15(12-16(21)23-8)20-17(22)25-18(2,3)4;1-16(2,3)23-15(21)19-13-12(9-10-18-14(13)20)11-22-24(7,8)17(4,5)6;1-11(2,3)18-10(17)13-7-6(9(15)16)4-5-12-8(7)14;1-11(2,3)17-10(16)13-8-7(6-14)4-5-12-9(8)15;1-4(2)3;1-2;/h14-19,22,24H,1,20-21H2,2-13H3,(H,29,30);11,14-15H,1,12-13H2,2-10H3,(H,20,22);12-13H,9-11H2,1-8H3,(H,18,20)(H,19,21);6-7H,4-5H2,1-3H3,(H,12,14)(H,13,17)(H,15,16);6-8H,4-5H2,1-3H3,(H,12,15)(H,13,16);4H,1-3H3;1H3;1H4/t22-,24+,36?;14?,15-;12?,13-;6-,7+;7-,8-;;;/m01010.../s1/i;;;;;;1D;. The second kappa shape index (κ2) is 55.2. The predicted octanol–water partition coefficient (Wildman–Crippen LogP) is 17.0. The molecule has 0 bridgehead atoms. The maximum Gasteiger partial charge on any atom is 0.408 e. The molecule has 31 nitrogen and oxygen atoms in total. The Morgan fingerprint density at radius 3 is 1.17 bits per heavy atom. The monoisotopic (exact) mass is 1890 g/mol. The molecule has 0 aromatic heterocycles. The number of benzene rings is 1. The molecule has 1 aromatic carbocycles. The number of aldehydes is 1. The van der Waals surface area contributed by atoms with Gasteiger partial charge in [-0.05, 0) is 189 Å². The maximum absolute atomic E-state index is 12.8. The van der Waals surface area contributed by atoms with Crippen molar-refractivity contribution in [2.45, 2.75) is 358 Å². The number of alkyl carbamates (subject to hydrolysis) is 5. The molecular formula is C92H175FN8O23Si4. The lowest BCUT2D eigenvalue weighted by Crippen LogP contribution is -2.61. The Morgan fingerprint density at radius 1 is 0.500 bits per heavy atom. The van der Waals surface area contributed by atoms with Crippen LogP contribution in [0.25, 0.3) is 0 Å². The van der Waals surface area contributed by atoms with Gasteiger partial charge in [0.1, 0.15) is 52.4 Å². The van der Waals surface area contributed by atoms with Crippen LogP contribution in [0.3, 0.4) is 0 Å². The van der Waals surface area contributed by atoms with Crippen LogP contribution in [0, 0.1) is 35.5 Å². The largest absolute Gasteiger partial charge is 0.481 e. The van der Waals surface area contributed by atoms with Crippen LogP contribution in [0.1, 0.15) is 242 Å². The quantitative estimate of drug-likeness (QED) is 0.0130. The van der Waals surface area contributed by atoms with E-state index in [2.05, 4.69) is 211 Å². The molecule has 0 saturated carbocycles. The topological polar surface area (TPSA) is 406 Å². The summed E-state index contributed by atoms with van der Waals surface area (Å²) in [5, 5.41) is 31.2. The van der Waals surface area contributed by atoms with E-state index in [4.69, 9.17) is 57.0 Å². The number of hydrogen-bond donors (Lipinski definition) is 9. The molecule has 9 N–H and O–H groups in total. The van der Waals surface area contributed by atoms with Crippen molar-refractivity contribution < 1.29 is 114 Å². The Kier molecular flexibility index (Phi) is 53.9. The van der Waals surface area contributed by atoms with Crippen LogP contribution in [-0.4, -0.2) is 231 Å². The summed E-state index contributed by atoms with van der Waals surface area (Å²) in [5.41, 5.74) is -3.17. The zero-order valence-corrected chi connectivity index (χ0v) is 88.7. The Labute approximate surface area is 774 Å². The van der Waals surface area contributed by atoms with Gasteiger partial charge in [0.05, 0.1) is 46.7 Å². The molecule has 3 unspecified atom stereocenters. The molecule has 744 valence electrons. The van der Waals surface area contributed by atoms with E-state index in [-0.39, 0.29) is 76.6 Å². The Bertz CT molecular complexity index is 3600. The summed E-state index contributed by atoms with van der Waals surface area (Å²) >= 11 is 0. The van der Waals surface area contributed by atoms with Crippen LogP contribution in [0.4, 0.5) is 28.4 Å². The number of hydrogen-bond acceptors (Lipinski definition) is 22. The number of methoxy groups -OCH3 is 1. The van der Waals surface area contributed by atoms with Crippen LogP contribution >= 0.6 is 0 Å². The first-order chi connectivity index (χ1) is 57.8. The number of carboxylic acid groups (broad SMARTS) is 1. The highest BCUT2D eigenvalue weighted by molar-refractivity contribution is 6.83. The fourth-order valence-electron chi connectivity index (χ4n) is 11.0. The molecule has 0 spiro atoms. The molecule has 4 rings (SSSR count). The third-order valence-corrected chi connectivity index (χ3v) is 38.6. The van der Waals surface area contributed by atoms with Crippen molar-refractivity contribution in [3.8, 4) is 0 Å². The van der Waals surface area contributed by atoms with E-state index in [1.54, 1.807) is 96.3 Å². The van der Waals surface area contributed by atoms with Gasteiger partial charge < -0.3 is 103 Å². The first-order valence-electron chi connectivity index (χ1n) is 44.4. The number of ether oxygens (including phenoxy) is 6. The number of piperidine rings is 3. The molecule has 1 aromatic rings. The number of halogens is 1. The lowest BCUT2D eigenvalue weighted by molar-refractivity contribution is -0.147. The van der Waals surface area contributed by atoms with E-state index in [1.165, 1.54) is 7.11 Å². The van der Waals surface area contributed by atoms with Crippen molar-refractivity contribution in [3.63, 3.8) is 0 Å². The zero-order valence-electron chi connectivity index (χ0n) is 85.7. The molecule has 36 heteroatoms. The van der Waals surface area contributed by atoms with Gasteiger partial charge in [-0.25, -0.2) is 24.0 Å². The molecule has 3 saturated heterocycles. The van der Waals surface area contributed by atoms with Gasteiger partial charge >= 0.3 is 51.0 Å². The van der Waals surface area contributed by atoms with Crippen molar-refractivity contribution in [1.82, 2.24) is 42.5 Å². The van der Waals surface area contributed by atoms with E-state index in [1.807, 2.05) is 45.0 Å². The van der Waals surface area contributed by atoms with Crippen molar-refractivity contribution in [2.75, 3.05) is 67.4 Å². The molecule has 0 radical (unpaired) electrons. The third-order valence-electron chi connectivity index (χ3n) is 20.9. The molecule has 3 fully saturated rings. The van der Waals surface area contributed by atoms with Gasteiger partial charge in [-0.3, -0.25) is 28.4 Å². The van der Waals surface area contributed by atoms with Crippen molar-refractivity contribution in [3.05, 3.63) is 55.6 Å². The second-order valence-electron chi connectivity index (χ2n) is 42.9. The third kappa shape index (κ3) is 50.3. The summed E-state index contributed by atoms with van der Waals surface area (Å²) in [4.78, 5) is 129. The first-order valence-corrected chi connectivity index (χ1v) is 54.2. The molecule has 3 aliphatic heterocycles. The van der Waals surface area contributed by atoms with E-state index in [9.17, 15) is 57.1 Å². The smallest absolute Gasteiger partial charge is 0.408 e. The number of alkyl halides is 1. The van der Waals surface area contributed by atoms with Crippen LogP contribution < -0.4 is 47.7 Å². The Hall–Kier alpha value is -7.33. The predicted molar refractivity (Wildman–Crippen MR) is 515 cm³/mol. The Balaban J connectivity index is -0.000000758. The number of carboxylic acids is 1. The minimum absolute atomic E-state index is 0. The first kappa shape index (κ1) is 125. The molecule has 3 heterocycles. The van der Waals surface area contributed by atoms with Crippen molar-refractivity contribution in [1.29, 1.82) is 0 Å². The molecule has 11 atom stereocenters. The minimum atomic E-state index is -2.91. The van der Waals surface area contributed by atoms with E-state index in [0.29, 0.717) is 52.2 Å². The van der Waals surface area contributed by atoms with E-state index < -0.39 is 159 Å². The molecule has 0 aliphatic carbocycles. The number of esters is 1. The van der Waals surface area contributed by atoms with Gasteiger partial charge in [0.2, 0.25) is 17.7 Å². The average molecular weight is 1890 g/mol. The van der Waals surface area contributed by atoms with Crippen LogP contribution in [0.15, 0.2) is 55.6 Å². The van der Waals surface area contributed by atoms with Gasteiger partial charge in [-0.1, -0.05) is 154 Å². The highest BCUT2D eigenvalue weighted by atomic mass is 28.4. The number of rotatable bonds is 27. The van der Waals surface area contributed by atoms with Crippen LogP contribution in [-0.2, 0) is 79.3 Å². The summed E-state index contributed by atoms with van der Waals surface area (Å²) in [5.74, 6) is -3.57. The number of amides is 8. The molecule has 8 amide bonds. The highest BCUT2D eigenvalue weighted by Crippen LogP contribution is 2.41. The average Bonchev–Trinajstić information content (AvgIpc) is 0.769. The fraction of sp³-hybridized carbons (Fsp3) is 0.772. The minimum Gasteiger partial charge on any atom is -0.481 e. The van der Waals surface area contributed by atoms with Gasteiger partial charge in [0.25, 0.3) is 0 Å². The summed E-state index contributed by atoms with van der Waals surface area (Å²) in [6.07, 6.45) is 2.73. The number of nitrogens with one attached hydrogen (secondary N) is 8. The summed E-state index contributed by atoms with van der Waals surface area (Å²) in [6, 6.07) is 6.64. The highest BCUT2D eigenvalue weighted by Gasteiger charge is 2.52. The van der Waals surface area contributed by atoms with Gasteiger partial charge in [-0.2, -0.15) is 0 Å². The van der Waals surface area contributed by atoms with Gasteiger partial charge in [0, 0.05) is 75.3 Å². The second-order valence-corrected chi connectivity index (χ2v) is 61.3. The van der Waals surface area contributed by atoms with Gasteiger partial charge in [0.15, 0.2) is 25.0 Å². The number of aliphatic carboxylic acids is 1. The normalized spacial score (nSPS) is 19.1. The summed E-state index contributed by atoms with van der Waals surface area (Å²) in [7, 11) is -6.74. The van der Waals surface area contributed by atoms with Gasteiger partial charge in [-0.15, -0.1) is 13.2 Å². The summed E-state index contributed by atoms with van der Waals surface area (Å²) in [6.45, 7) is 83.0. The fourth-order valence-corrected chi connectivity index (χ4v) is 17.7. The maximum atomic E-state index is 12.8.